The largest absolute Gasteiger partial charge is 0.359 e. The number of aromatic amines is 1. The van der Waals surface area contributed by atoms with Crippen LogP contribution in [-0.4, -0.2) is 29.6 Å². The van der Waals surface area contributed by atoms with Crippen molar-refractivity contribution in [2.45, 2.75) is 5.03 Å². The van der Waals surface area contributed by atoms with Gasteiger partial charge in [0.05, 0.1) is 0 Å². The fourth-order valence-corrected chi connectivity index (χ4v) is 1.41. The van der Waals surface area contributed by atoms with Crippen LogP contribution in [0.1, 0.15) is 0 Å². The lowest BCUT2D eigenvalue weighted by Crippen LogP contribution is -2.01. The van der Waals surface area contributed by atoms with Gasteiger partial charge in [-0.15, -0.1) is 0 Å². The third-order valence-electron chi connectivity index (χ3n) is 1.12. The van der Waals surface area contributed by atoms with E-state index < -0.39 is 25.6 Å². The van der Waals surface area contributed by atoms with Crippen molar-refractivity contribution in [1.29, 1.82) is 0 Å². The quantitative estimate of drug-likeness (QED) is 0.511. The van der Waals surface area contributed by atoms with E-state index in [1.54, 1.807) is 0 Å². The minimum atomic E-state index is -3.62. The molecule has 0 saturated heterocycles. The first kappa shape index (κ1) is 8.65. The molecule has 0 aliphatic heterocycles. The van der Waals surface area contributed by atoms with Crippen molar-refractivity contribution in [2.75, 3.05) is 6.26 Å². The average Bonchev–Trinajstić information content (AvgIpc) is 2.30. The van der Waals surface area contributed by atoms with Gasteiger partial charge in [0.1, 0.15) is 0 Å². The predicted octanol–water partition coefficient (Wildman–Crippen LogP) is -0.279. The Morgan fingerprint density at radius 3 is 2.58 bits per heavy atom. The number of hydrogen-bond donors (Lipinski definition) is 1. The van der Waals surface area contributed by atoms with Crippen molar-refractivity contribution in [3.05, 3.63) is 16.4 Å². The Kier molecular flexibility index (Phi) is 1.84. The van der Waals surface area contributed by atoms with Gasteiger partial charge in [-0.2, -0.15) is 4.98 Å². The molecule has 0 aliphatic carbocycles. The molecule has 0 saturated carbocycles. The van der Waals surface area contributed by atoms with Gasteiger partial charge in [-0.1, -0.05) is 0 Å². The van der Waals surface area contributed by atoms with Gasteiger partial charge < -0.3 is 10.1 Å². The van der Waals surface area contributed by atoms with Gasteiger partial charge >= 0.3 is 5.82 Å². The minimum absolute atomic E-state index is 0.535. The Balaban J connectivity index is 3.36. The zero-order valence-corrected chi connectivity index (χ0v) is 6.83. The molecule has 1 aromatic rings. The van der Waals surface area contributed by atoms with Gasteiger partial charge in [0.25, 0.3) is 5.03 Å². The molecule has 66 valence electrons. The summed E-state index contributed by atoms with van der Waals surface area (Å²) in [7, 11) is -3.62. The molecule has 1 heterocycles. The minimum Gasteiger partial charge on any atom is -0.358 e. The molecule has 12 heavy (non-hydrogen) atoms. The van der Waals surface area contributed by atoms with Crippen molar-refractivity contribution >= 4 is 15.7 Å². The summed E-state index contributed by atoms with van der Waals surface area (Å²) >= 11 is 0. The summed E-state index contributed by atoms with van der Waals surface area (Å²) in [6.45, 7) is 0. The van der Waals surface area contributed by atoms with Crippen LogP contribution in [0.25, 0.3) is 0 Å². The molecule has 0 unspecified atom stereocenters. The Morgan fingerprint density at radius 1 is 1.67 bits per heavy atom. The smallest absolute Gasteiger partial charge is 0.358 e. The van der Waals surface area contributed by atoms with Crippen LogP contribution in [0.2, 0.25) is 0 Å². The number of rotatable bonds is 2. The van der Waals surface area contributed by atoms with Crippen molar-refractivity contribution < 1.29 is 13.3 Å². The molecule has 1 aromatic heterocycles. The standard InChI is InChI=1S/C4H5N3O4S/c1-12(10,11)4-3(7(8)9)5-2-6-4/h2H,1H3,(H,5,6). The van der Waals surface area contributed by atoms with Crippen LogP contribution in [0.4, 0.5) is 5.82 Å². The summed E-state index contributed by atoms with van der Waals surface area (Å²) in [6, 6.07) is 0. The first-order valence-electron chi connectivity index (χ1n) is 2.80. The highest BCUT2D eigenvalue weighted by atomic mass is 32.2. The molecule has 0 radical (unpaired) electrons. The summed E-state index contributed by atoms with van der Waals surface area (Å²) in [5.74, 6) is -0.600. The van der Waals surface area contributed by atoms with Gasteiger partial charge in [0.15, 0.2) is 6.33 Å². The number of hydrogen-bond acceptors (Lipinski definition) is 5. The van der Waals surface area contributed by atoms with Gasteiger partial charge in [0.2, 0.25) is 9.84 Å². The number of aromatic nitrogens is 2. The number of H-pyrrole nitrogens is 1. The zero-order valence-electron chi connectivity index (χ0n) is 6.01. The maximum atomic E-state index is 10.8. The molecule has 0 amide bonds. The summed E-state index contributed by atoms with van der Waals surface area (Å²) in [4.78, 5) is 14.8. The Hall–Kier alpha value is -1.44. The van der Waals surface area contributed by atoms with E-state index in [1.165, 1.54) is 0 Å². The zero-order chi connectivity index (χ0) is 9.35. The van der Waals surface area contributed by atoms with E-state index in [-0.39, 0.29) is 0 Å². The fourth-order valence-electron chi connectivity index (χ4n) is 0.677. The molecule has 0 fully saturated rings. The van der Waals surface area contributed by atoms with Crippen LogP contribution < -0.4 is 0 Å². The maximum Gasteiger partial charge on any atom is 0.359 e. The molecule has 8 heteroatoms. The van der Waals surface area contributed by atoms with Crippen molar-refractivity contribution in [3.8, 4) is 0 Å². The molecular formula is C4H5N3O4S. The number of nitro groups is 1. The second-order valence-corrected chi connectivity index (χ2v) is 4.02. The monoisotopic (exact) mass is 191 g/mol. The Bertz CT molecular complexity index is 406. The molecule has 0 aliphatic rings. The lowest BCUT2D eigenvalue weighted by Gasteiger charge is -1.92. The highest BCUT2D eigenvalue weighted by molar-refractivity contribution is 7.90. The van der Waals surface area contributed by atoms with Crippen molar-refractivity contribution in [3.63, 3.8) is 0 Å². The molecule has 1 rings (SSSR count). The molecular weight excluding hydrogens is 186 g/mol. The third-order valence-corrected chi connectivity index (χ3v) is 2.12. The van der Waals surface area contributed by atoms with E-state index in [4.69, 9.17) is 0 Å². The summed E-state index contributed by atoms with van der Waals surface area (Å²) in [5, 5.41) is 9.66. The molecule has 0 bridgehead atoms. The lowest BCUT2D eigenvalue weighted by atomic mass is 10.8. The van der Waals surface area contributed by atoms with Crippen LogP contribution in [-0.2, 0) is 9.84 Å². The fraction of sp³-hybridized carbons (Fsp3) is 0.250. The summed E-state index contributed by atoms with van der Waals surface area (Å²) in [6.07, 6.45) is 1.82. The van der Waals surface area contributed by atoms with Gasteiger partial charge in [0, 0.05) is 6.26 Å². The van der Waals surface area contributed by atoms with E-state index in [0.29, 0.717) is 0 Å². The van der Waals surface area contributed by atoms with Crippen molar-refractivity contribution in [1.82, 2.24) is 9.97 Å². The number of nitrogens with one attached hydrogen (secondary N) is 1. The van der Waals surface area contributed by atoms with Crippen molar-refractivity contribution in [2.24, 2.45) is 0 Å². The van der Waals surface area contributed by atoms with Crippen LogP contribution in [0.3, 0.4) is 0 Å². The second kappa shape index (κ2) is 2.55. The van der Waals surface area contributed by atoms with E-state index in [0.717, 1.165) is 12.6 Å². The highest BCUT2D eigenvalue weighted by Crippen LogP contribution is 2.17. The van der Waals surface area contributed by atoms with Crippen LogP contribution in [0.5, 0.6) is 0 Å². The molecule has 7 nitrogen and oxygen atoms in total. The molecule has 0 aromatic carbocycles. The topological polar surface area (TPSA) is 106 Å². The average molecular weight is 191 g/mol. The molecule has 0 spiro atoms. The Labute approximate surface area is 67.5 Å². The lowest BCUT2D eigenvalue weighted by molar-refractivity contribution is -0.392. The van der Waals surface area contributed by atoms with E-state index in [2.05, 4.69) is 9.97 Å². The maximum absolute atomic E-state index is 10.8. The van der Waals surface area contributed by atoms with Crippen LogP contribution in [0.15, 0.2) is 11.4 Å². The number of imidazole rings is 1. The summed E-state index contributed by atoms with van der Waals surface area (Å²) in [5.41, 5.74) is 0. The molecule has 1 N–H and O–H groups in total. The summed E-state index contributed by atoms with van der Waals surface area (Å²) < 4.78 is 21.7. The second-order valence-electron chi connectivity index (χ2n) is 2.09. The third kappa shape index (κ3) is 1.42. The SMILES string of the molecule is CS(=O)(=O)c1nc[nH]c1[N+](=O)[O-]. The van der Waals surface area contributed by atoms with E-state index >= 15 is 0 Å². The highest BCUT2D eigenvalue weighted by Gasteiger charge is 2.23. The van der Waals surface area contributed by atoms with Gasteiger partial charge in [-0.05, 0) is 4.92 Å². The van der Waals surface area contributed by atoms with E-state index in [1.807, 2.05) is 0 Å². The molecule has 0 atom stereocenters. The number of nitrogens with zero attached hydrogens (tertiary/aromatic N) is 2. The first-order valence-corrected chi connectivity index (χ1v) is 4.70. The van der Waals surface area contributed by atoms with Gasteiger partial charge in [-0.25, -0.2) is 13.4 Å². The Morgan fingerprint density at radius 2 is 2.25 bits per heavy atom. The van der Waals surface area contributed by atoms with Gasteiger partial charge in [-0.3, -0.25) is 0 Å². The van der Waals surface area contributed by atoms with Crippen LogP contribution >= 0.6 is 0 Å². The predicted molar refractivity (Wildman–Crippen MR) is 38.4 cm³/mol. The first-order chi connectivity index (χ1) is 5.43. The van der Waals surface area contributed by atoms with Crippen LogP contribution in [0, 0.1) is 10.1 Å². The van der Waals surface area contributed by atoms with E-state index in [9.17, 15) is 18.5 Å². The normalized spacial score (nSPS) is 11.4. The number of sulfone groups is 1.